The van der Waals surface area contributed by atoms with Crippen molar-refractivity contribution in [3.63, 3.8) is 0 Å². The van der Waals surface area contributed by atoms with Crippen molar-refractivity contribution in [2.45, 2.75) is 84.7 Å². The molecule has 1 rings (SSSR count). The van der Waals surface area contributed by atoms with Crippen molar-refractivity contribution in [3.8, 4) is 5.75 Å². The summed E-state index contributed by atoms with van der Waals surface area (Å²) in [4.78, 5) is 0. The summed E-state index contributed by atoms with van der Waals surface area (Å²) in [6.45, 7) is 16.6. The lowest BCUT2D eigenvalue weighted by Gasteiger charge is -2.30. The van der Waals surface area contributed by atoms with E-state index in [1.54, 1.807) is 0 Å². The molecule has 4 N–H and O–H groups in total. The van der Waals surface area contributed by atoms with Gasteiger partial charge in [-0.05, 0) is 65.9 Å². The highest BCUT2D eigenvalue weighted by Gasteiger charge is 2.28. The maximum atomic E-state index is 10.9. The van der Waals surface area contributed by atoms with E-state index >= 15 is 0 Å². The molecule has 0 heterocycles. The number of aliphatic hydroxyl groups is 2. The fourth-order valence-corrected chi connectivity index (χ4v) is 3.36. The molecule has 0 amide bonds. The Labute approximate surface area is 159 Å². The van der Waals surface area contributed by atoms with E-state index in [2.05, 4.69) is 52.9 Å². The number of aliphatic hydroxyl groups excluding tert-OH is 2. The molecule has 0 aliphatic rings. The van der Waals surface area contributed by atoms with Crippen LogP contribution in [-0.2, 0) is 17.3 Å². The van der Waals surface area contributed by atoms with Crippen molar-refractivity contribution in [2.24, 2.45) is 0 Å². The Hall–Kier alpha value is -1.10. The summed E-state index contributed by atoms with van der Waals surface area (Å²) in [5.41, 5.74) is 3.92. The summed E-state index contributed by atoms with van der Waals surface area (Å²) in [6.07, 6.45) is 1.28. The molecule has 0 spiro atoms. The van der Waals surface area contributed by atoms with Gasteiger partial charge in [0, 0.05) is 13.0 Å². The number of benzene rings is 1. The summed E-state index contributed by atoms with van der Waals surface area (Å²) in [6, 6.07) is 2.14. The molecule has 0 aliphatic carbocycles. The molecule has 0 aromatic heterocycles. The first-order valence-electron chi connectivity index (χ1n) is 9.75. The smallest absolute Gasteiger partial charge is 0.122 e. The van der Waals surface area contributed by atoms with E-state index in [-0.39, 0.29) is 17.4 Å². The average molecular weight is 366 g/mol. The fraction of sp³-hybridized carbons (Fsp3) is 0.727. The number of aromatic hydroxyl groups is 1. The first-order valence-corrected chi connectivity index (χ1v) is 9.75. The van der Waals surface area contributed by atoms with E-state index in [1.807, 2.05) is 6.92 Å². The van der Waals surface area contributed by atoms with Crippen molar-refractivity contribution < 1.29 is 15.3 Å². The predicted octanol–water partition coefficient (Wildman–Crippen LogP) is 3.56. The standard InChI is InChI=1S/C22H39NO3/c1-15-17(13-16(25)9-11-23-10-8-12-24)20(26)19(22(5,6)7)14-18(15)21(2,3)4/h14,16,23-26H,8-13H2,1-7H3. The zero-order chi connectivity index (χ0) is 20.1. The molecular weight excluding hydrogens is 326 g/mol. The minimum absolute atomic E-state index is 0.0245. The Morgan fingerprint density at radius 1 is 1.00 bits per heavy atom. The van der Waals surface area contributed by atoms with Crippen molar-refractivity contribution in [2.75, 3.05) is 19.7 Å². The van der Waals surface area contributed by atoms with Gasteiger partial charge in [0.05, 0.1) is 6.10 Å². The maximum Gasteiger partial charge on any atom is 0.122 e. The molecule has 0 bridgehead atoms. The third-order valence-electron chi connectivity index (χ3n) is 4.91. The lowest BCUT2D eigenvalue weighted by atomic mass is 9.75. The van der Waals surface area contributed by atoms with Gasteiger partial charge in [0.1, 0.15) is 5.75 Å². The van der Waals surface area contributed by atoms with Gasteiger partial charge in [0.2, 0.25) is 0 Å². The first kappa shape index (κ1) is 22.9. The maximum absolute atomic E-state index is 10.9. The normalized spacial score (nSPS) is 13.9. The van der Waals surface area contributed by atoms with Crippen LogP contribution in [0.2, 0.25) is 0 Å². The molecule has 26 heavy (non-hydrogen) atoms. The van der Waals surface area contributed by atoms with Gasteiger partial charge in [-0.2, -0.15) is 0 Å². The van der Waals surface area contributed by atoms with Gasteiger partial charge in [-0.1, -0.05) is 47.6 Å². The van der Waals surface area contributed by atoms with Crippen molar-refractivity contribution in [1.29, 1.82) is 0 Å². The zero-order valence-corrected chi connectivity index (χ0v) is 17.7. The highest BCUT2D eigenvalue weighted by molar-refractivity contribution is 5.54. The molecule has 0 saturated carbocycles. The molecule has 1 unspecified atom stereocenters. The van der Waals surface area contributed by atoms with Crippen molar-refractivity contribution in [3.05, 3.63) is 28.3 Å². The predicted molar refractivity (Wildman–Crippen MR) is 109 cm³/mol. The Bertz CT molecular complexity index is 544. The van der Waals surface area contributed by atoms with Gasteiger partial charge >= 0.3 is 0 Å². The molecule has 150 valence electrons. The lowest BCUT2D eigenvalue weighted by Crippen LogP contribution is -2.24. The molecule has 0 fully saturated rings. The van der Waals surface area contributed by atoms with Crippen LogP contribution >= 0.6 is 0 Å². The Morgan fingerprint density at radius 3 is 2.08 bits per heavy atom. The highest BCUT2D eigenvalue weighted by Crippen LogP contribution is 2.40. The lowest BCUT2D eigenvalue weighted by molar-refractivity contribution is 0.162. The van der Waals surface area contributed by atoms with Crippen LogP contribution in [-0.4, -0.2) is 41.1 Å². The second-order valence-electron chi connectivity index (χ2n) is 9.40. The van der Waals surface area contributed by atoms with E-state index < -0.39 is 6.10 Å². The second-order valence-corrected chi connectivity index (χ2v) is 9.40. The van der Waals surface area contributed by atoms with Gasteiger partial charge < -0.3 is 20.6 Å². The van der Waals surface area contributed by atoms with Crippen LogP contribution < -0.4 is 5.32 Å². The number of hydrogen-bond donors (Lipinski definition) is 4. The van der Waals surface area contributed by atoms with Crippen LogP contribution in [0, 0.1) is 6.92 Å². The fourth-order valence-electron chi connectivity index (χ4n) is 3.36. The topological polar surface area (TPSA) is 72.7 Å². The summed E-state index contributed by atoms with van der Waals surface area (Å²) in [5, 5.41) is 33.4. The number of phenolic OH excluding ortho intramolecular Hbond substituents is 1. The number of phenols is 1. The molecular formula is C22H39NO3. The summed E-state index contributed by atoms with van der Waals surface area (Å²) in [7, 11) is 0. The largest absolute Gasteiger partial charge is 0.507 e. The van der Waals surface area contributed by atoms with Crippen LogP contribution in [0.4, 0.5) is 0 Å². The molecule has 1 aromatic carbocycles. The number of rotatable bonds is 8. The first-order chi connectivity index (χ1) is 11.9. The summed E-state index contributed by atoms with van der Waals surface area (Å²) < 4.78 is 0. The Balaban J connectivity index is 3.09. The van der Waals surface area contributed by atoms with Crippen molar-refractivity contribution in [1.82, 2.24) is 5.32 Å². The van der Waals surface area contributed by atoms with Crippen LogP contribution in [0.3, 0.4) is 0 Å². The molecule has 4 nitrogen and oxygen atoms in total. The monoisotopic (exact) mass is 365 g/mol. The zero-order valence-electron chi connectivity index (χ0n) is 17.7. The number of hydrogen-bond acceptors (Lipinski definition) is 4. The van der Waals surface area contributed by atoms with E-state index in [0.29, 0.717) is 25.1 Å². The minimum Gasteiger partial charge on any atom is -0.507 e. The van der Waals surface area contributed by atoms with E-state index in [1.165, 1.54) is 5.56 Å². The quantitative estimate of drug-likeness (QED) is 0.532. The Kier molecular flexibility index (Phi) is 8.12. The molecule has 1 atom stereocenters. The third kappa shape index (κ3) is 6.26. The third-order valence-corrected chi connectivity index (χ3v) is 4.91. The van der Waals surface area contributed by atoms with Crippen LogP contribution in [0.25, 0.3) is 0 Å². The van der Waals surface area contributed by atoms with Gasteiger partial charge in [-0.15, -0.1) is 0 Å². The molecule has 0 aliphatic heterocycles. The van der Waals surface area contributed by atoms with E-state index in [4.69, 9.17) is 5.11 Å². The Morgan fingerprint density at radius 2 is 1.58 bits per heavy atom. The van der Waals surface area contributed by atoms with Crippen LogP contribution in [0.5, 0.6) is 5.75 Å². The van der Waals surface area contributed by atoms with Gasteiger partial charge in [0.25, 0.3) is 0 Å². The van der Waals surface area contributed by atoms with Gasteiger partial charge in [-0.3, -0.25) is 0 Å². The van der Waals surface area contributed by atoms with Crippen LogP contribution in [0.1, 0.15) is 76.6 Å². The second kappa shape index (κ2) is 9.20. The van der Waals surface area contributed by atoms with Crippen molar-refractivity contribution >= 4 is 0 Å². The summed E-state index contributed by atoms with van der Waals surface area (Å²) in [5.74, 6) is 0.329. The summed E-state index contributed by atoms with van der Waals surface area (Å²) >= 11 is 0. The van der Waals surface area contributed by atoms with Gasteiger partial charge in [-0.25, -0.2) is 0 Å². The molecule has 1 aromatic rings. The highest BCUT2D eigenvalue weighted by atomic mass is 16.3. The molecule has 0 saturated heterocycles. The van der Waals surface area contributed by atoms with Crippen LogP contribution in [0.15, 0.2) is 6.07 Å². The molecule has 0 radical (unpaired) electrons. The SMILES string of the molecule is Cc1c(C(C)(C)C)cc(C(C)(C)C)c(O)c1CC(O)CCNCCCO. The van der Waals surface area contributed by atoms with E-state index in [0.717, 1.165) is 29.7 Å². The minimum atomic E-state index is -0.510. The van der Waals surface area contributed by atoms with Gasteiger partial charge in [0.15, 0.2) is 0 Å². The average Bonchev–Trinajstić information content (AvgIpc) is 2.48. The molecule has 4 heteroatoms. The number of nitrogens with one attached hydrogen (secondary N) is 1. The van der Waals surface area contributed by atoms with E-state index in [9.17, 15) is 10.2 Å².